The monoisotopic (exact) mass is 265 g/mol. The molecule has 1 aliphatic rings. The Bertz CT molecular complexity index is 481. The summed E-state index contributed by atoms with van der Waals surface area (Å²) in [6, 6.07) is 1.68. The van der Waals surface area contributed by atoms with Crippen LogP contribution < -0.4 is 5.32 Å². The van der Waals surface area contributed by atoms with Crippen molar-refractivity contribution in [3.8, 4) is 0 Å². The van der Waals surface area contributed by atoms with Crippen molar-refractivity contribution >= 4 is 11.9 Å². The molecule has 1 heterocycles. The molecular formula is C13H19N3O3. The minimum Gasteiger partial charge on any atom is -0.481 e. The predicted molar refractivity (Wildman–Crippen MR) is 68.9 cm³/mol. The molecule has 2 rings (SSSR count). The van der Waals surface area contributed by atoms with E-state index in [4.69, 9.17) is 5.11 Å². The van der Waals surface area contributed by atoms with Crippen LogP contribution in [0.5, 0.6) is 0 Å². The van der Waals surface area contributed by atoms with Gasteiger partial charge in [-0.3, -0.25) is 14.7 Å². The summed E-state index contributed by atoms with van der Waals surface area (Å²) in [4.78, 5) is 22.8. The number of carboxylic acid groups (broad SMARTS) is 1. The van der Waals surface area contributed by atoms with Crippen molar-refractivity contribution in [1.29, 1.82) is 0 Å². The van der Waals surface area contributed by atoms with Crippen LogP contribution in [0.2, 0.25) is 0 Å². The zero-order chi connectivity index (χ0) is 14.0. The Hall–Kier alpha value is -1.85. The second-order valence-electron chi connectivity index (χ2n) is 5.38. The molecule has 0 aliphatic heterocycles. The lowest BCUT2D eigenvalue weighted by atomic mass is 10.1. The smallest absolute Gasteiger partial charge is 0.306 e. The lowest BCUT2D eigenvalue weighted by Gasteiger charge is -2.10. The lowest BCUT2D eigenvalue weighted by molar-refractivity contribution is -0.141. The molecule has 6 heteroatoms. The molecule has 3 N–H and O–H groups in total. The van der Waals surface area contributed by atoms with Gasteiger partial charge in [-0.15, -0.1) is 0 Å². The van der Waals surface area contributed by atoms with Crippen molar-refractivity contribution in [3.63, 3.8) is 0 Å². The molecule has 1 fully saturated rings. The highest BCUT2D eigenvalue weighted by Gasteiger charge is 2.31. The molecular weight excluding hydrogens is 246 g/mol. The second-order valence-corrected chi connectivity index (χ2v) is 5.38. The minimum atomic E-state index is -0.779. The van der Waals surface area contributed by atoms with Crippen molar-refractivity contribution < 1.29 is 14.7 Å². The van der Waals surface area contributed by atoms with Crippen molar-refractivity contribution in [2.24, 2.45) is 5.92 Å². The van der Waals surface area contributed by atoms with Crippen molar-refractivity contribution in [2.75, 3.05) is 0 Å². The van der Waals surface area contributed by atoms with Crippen molar-refractivity contribution in [1.82, 2.24) is 15.5 Å². The number of aliphatic carboxylic acids is 1. The Balaban J connectivity index is 1.92. The Morgan fingerprint density at radius 2 is 2.21 bits per heavy atom. The first kappa shape index (κ1) is 13.6. The van der Waals surface area contributed by atoms with E-state index in [-0.39, 0.29) is 23.8 Å². The van der Waals surface area contributed by atoms with E-state index in [1.165, 1.54) is 0 Å². The lowest BCUT2D eigenvalue weighted by Crippen LogP contribution is -2.33. The SMILES string of the molecule is CC(C)c1cc(C(=O)N[C@@H]2CC[C@H](C(=O)O)C2)n[nH]1. The molecule has 0 saturated heterocycles. The van der Waals surface area contributed by atoms with Gasteiger partial charge in [0, 0.05) is 11.7 Å². The average molecular weight is 265 g/mol. The van der Waals surface area contributed by atoms with E-state index in [0.717, 1.165) is 5.69 Å². The summed E-state index contributed by atoms with van der Waals surface area (Å²) in [6.07, 6.45) is 1.84. The first-order valence-corrected chi connectivity index (χ1v) is 6.56. The zero-order valence-electron chi connectivity index (χ0n) is 11.1. The van der Waals surface area contributed by atoms with Crippen LogP contribution in [-0.4, -0.2) is 33.2 Å². The van der Waals surface area contributed by atoms with E-state index in [0.29, 0.717) is 25.0 Å². The van der Waals surface area contributed by atoms with E-state index >= 15 is 0 Å². The van der Waals surface area contributed by atoms with Gasteiger partial charge < -0.3 is 10.4 Å². The Morgan fingerprint density at radius 3 is 2.74 bits per heavy atom. The maximum absolute atomic E-state index is 12.0. The van der Waals surface area contributed by atoms with E-state index in [1.807, 2.05) is 13.8 Å². The quantitative estimate of drug-likeness (QED) is 0.769. The third-order valence-corrected chi connectivity index (χ3v) is 3.57. The number of hydrogen-bond acceptors (Lipinski definition) is 3. The maximum Gasteiger partial charge on any atom is 0.306 e. The Labute approximate surface area is 111 Å². The zero-order valence-corrected chi connectivity index (χ0v) is 11.1. The number of nitrogens with zero attached hydrogens (tertiary/aromatic N) is 1. The molecule has 0 unspecified atom stereocenters. The van der Waals surface area contributed by atoms with Crippen LogP contribution in [0.25, 0.3) is 0 Å². The van der Waals surface area contributed by atoms with Crippen LogP contribution in [0.1, 0.15) is 55.2 Å². The standard InChI is InChI=1S/C13H19N3O3/c1-7(2)10-6-11(16-15-10)12(17)14-9-4-3-8(5-9)13(18)19/h6-9H,3-5H2,1-2H3,(H,14,17)(H,15,16)(H,18,19)/t8-,9+/m0/s1. The van der Waals surface area contributed by atoms with Crippen LogP contribution in [0.4, 0.5) is 0 Å². The van der Waals surface area contributed by atoms with E-state index < -0.39 is 5.97 Å². The van der Waals surface area contributed by atoms with Gasteiger partial charge in [0.15, 0.2) is 0 Å². The van der Waals surface area contributed by atoms with Gasteiger partial charge in [0.25, 0.3) is 5.91 Å². The molecule has 104 valence electrons. The fourth-order valence-electron chi connectivity index (χ4n) is 2.34. The molecule has 6 nitrogen and oxygen atoms in total. The average Bonchev–Trinajstić information content (AvgIpc) is 2.96. The van der Waals surface area contributed by atoms with E-state index in [2.05, 4.69) is 15.5 Å². The number of aromatic nitrogens is 2. The molecule has 1 aromatic rings. The van der Waals surface area contributed by atoms with Crippen LogP contribution in [-0.2, 0) is 4.79 Å². The fraction of sp³-hybridized carbons (Fsp3) is 0.615. The highest BCUT2D eigenvalue weighted by atomic mass is 16.4. The number of rotatable bonds is 4. The van der Waals surface area contributed by atoms with E-state index in [9.17, 15) is 9.59 Å². The Kier molecular flexibility index (Phi) is 3.87. The van der Waals surface area contributed by atoms with Crippen molar-refractivity contribution in [2.45, 2.75) is 45.1 Å². The van der Waals surface area contributed by atoms with Gasteiger partial charge in [-0.2, -0.15) is 5.10 Å². The van der Waals surface area contributed by atoms with Gasteiger partial charge in [-0.1, -0.05) is 13.8 Å². The minimum absolute atomic E-state index is 0.0622. The van der Waals surface area contributed by atoms with Crippen LogP contribution >= 0.6 is 0 Å². The highest BCUT2D eigenvalue weighted by Crippen LogP contribution is 2.25. The molecule has 0 bridgehead atoms. The van der Waals surface area contributed by atoms with Gasteiger partial charge in [0.1, 0.15) is 5.69 Å². The largest absolute Gasteiger partial charge is 0.481 e. The molecule has 2 atom stereocenters. The third-order valence-electron chi connectivity index (χ3n) is 3.57. The summed E-state index contributed by atoms with van der Waals surface area (Å²) in [5, 5.41) is 18.6. The number of aromatic amines is 1. The molecule has 0 aromatic carbocycles. The molecule has 1 amide bonds. The second kappa shape index (κ2) is 5.42. The van der Waals surface area contributed by atoms with E-state index in [1.54, 1.807) is 6.07 Å². The molecule has 0 radical (unpaired) electrons. The molecule has 19 heavy (non-hydrogen) atoms. The number of carbonyl (C=O) groups is 2. The normalized spacial score (nSPS) is 22.7. The van der Waals surface area contributed by atoms with Crippen LogP contribution in [0.15, 0.2) is 6.07 Å². The number of carbonyl (C=O) groups excluding carboxylic acids is 1. The molecule has 0 spiro atoms. The van der Waals surface area contributed by atoms with Gasteiger partial charge >= 0.3 is 5.97 Å². The fourth-order valence-corrected chi connectivity index (χ4v) is 2.34. The number of carboxylic acids is 1. The predicted octanol–water partition coefficient (Wildman–Crippen LogP) is 1.52. The summed E-state index contributed by atoms with van der Waals surface area (Å²) in [5.41, 5.74) is 1.28. The van der Waals surface area contributed by atoms with Crippen molar-refractivity contribution in [3.05, 3.63) is 17.5 Å². The van der Waals surface area contributed by atoms with Crippen LogP contribution in [0.3, 0.4) is 0 Å². The molecule has 1 aromatic heterocycles. The van der Waals surface area contributed by atoms with Gasteiger partial charge in [-0.05, 0) is 31.2 Å². The third kappa shape index (κ3) is 3.13. The molecule has 1 saturated carbocycles. The summed E-state index contributed by atoms with van der Waals surface area (Å²) in [5.74, 6) is -1.06. The summed E-state index contributed by atoms with van der Waals surface area (Å²) in [7, 11) is 0. The number of H-pyrrole nitrogens is 1. The van der Waals surface area contributed by atoms with Gasteiger partial charge in [-0.25, -0.2) is 0 Å². The highest BCUT2D eigenvalue weighted by molar-refractivity contribution is 5.92. The van der Waals surface area contributed by atoms with Gasteiger partial charge in [0.2, 0.25) is 0 Å². The maximum atomic E-state index is 12.0. The first-order valence-electron chi connectivity index (χ1n) is 6.56. The Morgan fingerprint density at radius 1 is 1.47 bits per heavy atom. The summed E-state index contributed by atoms with van der Waals surface area (Å²) >= 11 is 0. The number of nitrogens with one attached hydrogen (secondary N) is 2. The summed E-state index contributed by atoms with van der Waals surface area (Å²) in [6.45, 7) is 4.03. The van der Waals surface area contributed by atoms with Gasteiger partial charge in [0.05, 0.1) is 5.92 Å². The molecule has 1 aliphatic carbocycles. The first-order chi connectivity index (χ1) is 8.97. The number of hydrogen-bond donors (Lipinski definition) is 3. The van der Waals surface area contributed by atoms with Crippen LogP contribution in [0, 0.1) is 5.92 Å². The topological polar surface area (TPSA) is 95.1 Å². The number of amides is 1. The summed E-state index contributed by atoms with van der Waals surface area (Å²) < 4.78 is 0.